The maximum Gasteiger partial charge on any atom is 0.0631 e. The summed E-state index contributed by atoms with van der Waals surface area (Å²) in [5.74, 6) is 1.37. The Balaban J connectivity index is 1.95. The average Bonchev–Trinajstić information content (AvgIpc) is 2.44. The summed E-state index contributed by atoms with van der Waals surface area (Å²) in [6.45, 7) is 13.5. The summed E-state index contributed by atoms with van der Waals surface area (Å²) >= 11 is 0. The minimum Gasteiger partial charge on any atom is -0.392 e. The topological polar surface area (TPSA) is 20.2 Å². The van der Waals surface area contributed by atoms with Crippen molar-refractivity contribution in [3.05, 3.63) is 24.3 Å². The number of hydrogen-bond acceptors (Lipinski definition) is 1. The van der Waals surface area contributed by atoms with Gasteiger partial charge in [-0.1, -0.05) is 45.4 Å². The fourth-order valence-corrected chi connectivity index (χ4v) is 5.47. The van der Waals surface area contributed by atoms with E-state index in [2.05, 4.69) is 46.4 Å². The fraction of sp³-hybridized carbons (Fsp3) is 0.800. The lowest BCUT2D eigenvalue weighted by Crippen LogP contribution is -2.51. The molecule has 0 saturated heterocycles. The van der Waals surface area contributed by atoms with E-state index < -0.39 is 0 Å². The highest BCUT2D eigenvalue weighted by Gasteiger charge is 2.54. The molecule has 0 spiro atoms. The quantitative estimate of drug-likeness (QED) is 0.665. The van der Waals surface area contributed by atoms with E-state index >= 15 is 0 Å². The van der Waals surface area contributed by atoms with E-state index in [1.807, 2.05) is 0 Å². The van der Waals surface area contributed by atoms with Gasteiger partial charge in [0.15, 0.2) is 0 Å². The van der Waals surface area contributed by atoms with Crippen LogP contribution < -0.4 is 0 Å². The predicted octanol–water partition coefficient (Wildman–Crippen LogP) is 5.11. The van der Waals surface area contributed by atoms with Gasteiger partial charge in [0.2, 0.25) is 0 Å². The van der Waals surface area contributed by atoms with Crippen molar-refractivity contribution in [1.29, 1.82) is 0 Å². The standard InChI is InChI=1S/C20H32O/c1-6-19(4)11-12-20(5)14(13-19)7-8-15-16(20)9-10-17(21)18(15,2)3/h6,9,14-15,17,21H,1,7-8,10-13H2,2-5H3. The molecule has 0 radical (unpaired) electrons. The van der Waals surface area contributed by atoms with Gasteiger partial charge >= 0.3 is 0 Å². The molecule has 2 fully saturated rings. The lowest BCUT2D eigenvalue weighted by Gasteiger charge is -2.58. The average molecular weight is 288 g/mol. The molecule has 0 aromatic heterocycles. The minimum absolute atomic E-state index is 0.0389. The van der Waals surface area contributed by atoms with Crippen molar-refractivity contribution in [3.8, 4) is 0 Å². The van der Waals surface area contributed by atoms with E-state index in [-0.39, 0.29) is 11.5 Å². The van der Waals surface area contributed by atoms with Gasteiger partial charge in [0.1, 0.15) is 0 Å². The van der Waals surface area contributed by atoms with E-state index in [1.165, 1.54) is 32.1 Å². The summed E-state index contributed by atoms with van der Waals surface area (Å²) in [6, 6.07) is 0. The first-order valence-electron chi connectivity index (χ1n) is 8.75. The first-order valence-corrected chi connectivity index (χ1v) is 8.75. The van der Waals surface area contributed by atoms with Crippen LogP contribution in [0.4, 0.5) is 0 Å². The molecule has 3 aliphatic carbocycles. The van der Waals surface area contributed by atoms with Gasteiger partial charge in [0.25, 0.3) is 0 Å². The smallest absolute Gasteiger partial charge is 0.0631 e. The molecule has 0 heterocycles. The van der Waals surface area contributed by atoms with Gasteiger partial charge < -0.3 is 5.11 Å². The molecule has 2 saturated carbocycles. The van der Waals surface area contributed by atoms with Crippen LogP contribution in [0.3, 0.4) is 0 Å². The van der Waals surface area contributed by atoms with Crippen LogP contribution in [0, 0.1) is 28.1 Å². The second kappa shape index (κ2) is 4.72. The van der Waals surface area contributed by atoms with Crippen molar-refractivity contribution in [2.45, 2.75) is 72.3 Å². The third-order valence-electron chi connectivity index (χ3n) is 7.48. The summed E-state index contributed by atoms with van der Waals surface area (Å²) in [5.41, 5.74) is 2.42. The zero-order valence-corrected chi connectivity index (χ0v) is 14.3. The Labute approximate surface area is 130 Å². The summed E-state index contributed by atoms with van der Waals surface area (Å²) < 4.78 is 0. The number of rotatable bonds is 1. The van der Waals surface area contributed by atoms with Crippen LogP contribution in [-0.2, 0) is 0 Å². The Morgan fingerprint density at radius 3 is 2.57 bits per heavy atom. The molecule has 1 N–H and O–H groups in total. The maximum atomic E-state index is 10.4. The number of aliphatic hydroxyl groups is 1. The minimum atomic E-state index is -0.173. The molecule has 0 aromatic rings. The van der Waals surface area contributed by atoms with E-state index in [9.17, 15) is 5.11 Å². The van der Waals surface area contributed by atoms with Crippen LogP contribution in [0.25, 0.3) is 0 Å². The van der Waals surface area contributed by atoms with Crippen LogP contribution >= 0.6 is 0 Å². The molecule has 1 nitrogen and oxygen atoms in total. The molecule has 0 aliphatic heterocycles. The van der Waals surface area contributed by atoms with Crippen molar-refractivity contribution in [1.82, 2.24) is 0 Å². The predicted molar refractivity (Wildman–Crippen MR) is 89.0 cm³/mol. The zero-order valence-electron chi connectivity index (χ0n) is 14.3. The molecule has 21 heavy (non-hydrogen) atoms. The van der Waals surface area contributed by atoms with E-state index in [1.54, 1.807) is 5.57 Å². The molecule has 5 atom stereocenters. The van der Waals surface area contributed by atoms with Crippen LogP contribution in [0.5, 0.6) is 0 Å². The molecule has 3 rings (SSSR count). The number of hydrogen-bond donors (Lipinski definition) is 1. The molecule has 3 aliphatic rings. The normalized spacial score (nSPS) is 48.8. The van der Waals surface area contributed by atoms with E-state index in [0.717, 1.165) is 12.3 Å². The molecule has 118 valence electrons. The molecule has 0 amide bonds. The highest BCUT2D eigenvalue weighted by Crippen LogP contribution is 2.63. The lowest BCUT2D eigenvalue weighted by atomic mass is 9.47. The Hall–Kier alpha value is -0.560. The molecular weight excluding hydrogens is 256 g/mol. The molecule has 0 aromatic carbocycles. The number of fused-ring (bicyclic) bond motifs is 3. The Morgan fingerprint density at radius 2 is 1.90 bits per heavy atom. The van der Waals surface area contributed by atoms with E-state index in [4.69, 9.17) is 0 Å². The maximum absolute atomic E-state index is 10.4. The third-order valence-corrected chi connectivity index (χ3v) is 7.48. The second-order valence-corrected chi connectivity index (χ2v) is 9.04. The van der Waals surface area contributed by atoms with Gasteiger partial charge in [0.05, 0.1) is 6.10 Å². The van der Waals surface area contributed by atoms with Crippen molar-refractivity contribution >= 4 is 0 Å². The monoisotopic (exact) mass is 288 g/mol. The fourth-order valence-electron chi connectivity index (χ4n) is 5.47. The van der Waals surface area contributed by atoms with Gasteiger partial charge in [0, 0.05) is 0 Å². The molecular formula is C20H32O. The van der Waals surface area contributed by atoms with Gasteiger partial charge in [-0.15, -0.1) is 6.58 Å². The Bertz CT molecular complexity index is 474. The number of allylic oxidation sites excluding steroid dienone is 2. The van der Waals surface area contributed by atoms with Crippen molar-refractivity contribution in [2.24, 2.45) is 28.1 Å². The van der Waals surface area contributed by atoms with Crippen molar-refractivity contribution < 1.29 is 5.11 Å². The first kappa shape index (κ1) is 15.3. The van der Waals surface area contributed by atoms with Crippen LogP contribution in [0.2, 0.25) is 0 Å². The zero-order chi connectivity index (χ0) is 15.5. The van der Waals surface area contributed by atoms with Crippen LogP contribution in [0.15, 0.2) is 24.3 Å². The summed E-state index contributed by atoms with van der Waals surface area (Å²) in [4.78, 5) is 0. The molecule has 1 heteroatoms. The van der Waals surface area contributed by atoms with Gasteiger partial charge in [-0.05, 0) is 66.6 Å². The Morgan fingerprint density at radius 1 is 1.19 bits per heavy atom. The summed E-state index contributed by atoms with van der Waals surface area (Å²) in [5, 5.41) is 10.4. The third kappa shape index (κ3) is 2.15. The summed E-state index contributed by atoms with van der Waals surface area (Å²) in [6.07, 6.45) is 11.7. The lowest BCUT2D eigenvalue weighted by molar-refractivity contribution is -0.0391. The van der Waals surface area contributed by atoms with Gasteiger partial charge in [-0.25, -0.2) is 0 Å². The number of aliphatic hydroxyl groups excluding tert-OH is 1. The highest BCUT2D eigenvalue weighted by atomic mass is 16.3. The van der Waals surface area contributed by atoms with Gasteiger partial charge in [-0.2, -0.15) is 0 Å². The summed E-state index contributed by atoms with van der Waals surface area (Å²) in [7, 11) is 0. The SMILES string of the molecule is C=CC1(C)CCC2(C)C3=CCC(O)C(C)(C)C3CCC2C1. The molecule has 5 unspecified atom stereocenters. The van der Waals surface area contributed by atoms with Gasteiger partial charge in [-0.3, -0.25) is 0 Å². The molecule has 0 bridgehead atoms. The second-order valence-electron chi connectivity index (χ2n) is 9.04. The highest BCUT2D eigenvalue weighted by molar-refractivity contribution is 5.29. The van der Waals surface area contributed by atoms with Crippen LogP contribution in [0.1, 0.15) is 66.2 Å². The Kier molecular flexibility index (Phi) is 3.44. The van der Waals surface area contributed by atoms with Crippen LogP contribution in [-0.4, -0.2) is 11.2 Å². The first-order chi connectivity index (χ1) is 9.73. The van der Waals surface area contributed by atoms with Crippen molar-refractivity contribution in [3.63, 3.8) is 0 Å². The van der Waals surface area contributed by atoms with E-state index in [0.29, 0.717) is 16.7 Å². The largest absolute Gasteiger partial charge is 0.392 e. The van der Waals surface area contributed by atoms with Crippen molar-refractivity contribution in [2.75, 3.05) is 0 Å².